The summed E-state index contributed by atoms with van der Waals surface area (Å²) < 4.78 is 50.8. The molecule has 0 saturated carbocycles. The predicted molar refractivity (Wildman–Crippen MR) is 104 cm³/mol. The number of aliphatic carboxylic acids is 1. The summed E-state index contributed by atoms with van der Waals surface area (Å²) in [5.74, 6) is -0.873. The summed E-state index contributed by atoms with van der Waals surface area (Å²) >= 11 is 0. The van der Waals surface area contributed by atoms with Gasteiger partial charge in [-0.25, -0.2) is 9.97 Å². The zero-order valence-electron chi connectivity index (χ0n) is 16.9. The number of nitrogens with one attached hydrogen (secondary N) is 1. The topological polar surface area (TPSA) is 93.6 Å². The van der Waals surface area contributed by atoms with E-state index in [2.05, 4.69) is 15.3 Å². The Morgan fingerprint density at radius 2 is 1.97 bits per heavy atom. The summed E-state index contributed by atoms with van der Waals surface area (Å²) in [6.07, 6.45) is -3.75. The number of ether oxygens (including phenoxy) is 2. The maximum Gasteiger partial charge on any atom is 0.418 e. The number of nitrogens with zero attached hydrogens (tertiary/aromatic N) is 2. The lowest BCUT2D eigenvalue weighted by molar-refractivity contribution is -0.222. The Morgan fingerprint density at radius 1 is 1.23 bits per heavy atom. The van der Waals surface area contributed by atoms with Crippen LogP contribution in [0.25, 0.3) is 0 Å². The van der Waals surface area contributed by atoms with Crippen molar-refractivity contribution in [2.45, 2.75) is 44.9 Å². The molecule has 2 aromatic rings. The maximum absolute atomic E-state index is 13.6. The van der Waals surface area contributed by atoms with Gasteiger partial charge in [0.1, 0.15) is 5.82 Å². The summed E-state index contributed by atoms with van der Waals surface area (Å²) in [6, 6.07) is 4.33. The molecule has 164 valence electrons. The average Bonchev–Trinajstić information content (AvgIpc) is 2.70. The number of hydrogen-bond donors (Lipinski definition) is 2. The summed E-state index contributed by atoms with van der Waals surface area (Å²) in [5.41, 5.74) is 0.590. The summed E-state index contributed by atoms with van der Waals surface area (Å²) in [6.45, 7) is 3.17. The van der Waals surface area contributed by atoms with Gasteiger partial charge in [-0.1, -0.05) is 19.1 Å². The van der Waals surface area contributed by atoms with Crippen LogP contribution in [0.2, 0.25) is 0 Å². The van der Waals surface area contributed by atoms with Crippen LogP contribution in [0.4, 0.5) is 24.7 Å². The van der Waals surface area contributed by atoms with Gasteiger partial charge in [0, 0.05) is 17.9 Å². The van der Waals surface area contributed by atoms with Gasteiger partial charge in [-0.2, -0.15) is 13.2 Å². The van der Waals surface area contributed by atoms with Crippen molar-refractivity contribution >= 4 is 17.5 Å². The molecule has 0 aliphatic carbocycles. The maximum atomic E-state index is 13.6. The largest absolute Gasteiger partial charge is 0.481 e. The van der Waals surface area contributed by atoms with Crippen LogP contribution in [0.15, 0.2) is 30.6 Å². The average molecular weight is 427 g/mol. The van der Waals surface area contributed by atoms with Crippen LogP contribution in [0, 0.1) is 0 Å². The molecule has 2 N–H and O–H groups in total. The van der Waals surface area contributed by atoms with Gasteiger partial charge in [0.05, 0.1) is 25.9 Å². The molecule has 0 bridgehead atoms. The molecule has 0 aliphatic rings. The predicted octanol–water partition coefficient (Wildman–Crippen LogP) is 4.84. The van der Waals surface area contributed by atoms with E-state index in [9.17, 15) is 18.0 Å². The molecule has 0 spiro atoms. The van der Waals surface area contributed by atoms with Crippen molar-refractivity contribution in [2.24, 2.45) is 0 Å². The molecule has 2 rings (SSSR count). The number of carboxylic acids is 1. The van der Waals surface area contributed by atoms with E-state index >= 15 is 0 Å². The molecule has 0 radical (unpaired) electrons. The first kappa shape index (κ1) is 23.4. The Balaban J connectivity index is 2.52. The lowest BCUT2D eigenvalue weighted by Crippen LogP contribution is -2.24. The van der Waals surface area contributed by atoms with Crippen LogP contribution in [0.3, 0.4) is 0 Å². The molecule has 7 nitrogen and oxygen atoms in total. The van der Waals surface area contributed by atoms with E-state index in [4.69, 9.17) is 14.6 Å². The Bertz CT molecular complexity index is 844. The van der Waals surface area contributed by atoms with Crippen LogP contribution < -0.4 is 10.1 Å². The molecule has 2 atom stereocenters. The van der Waals surface area contributed by atoms with E-state index in [1.807, 2.05) is 6.92 Å². The third-order valence-corrected chi connectivity index (χ3v) is 4.48. The SMILES string of the molecule is CCOC(c1ccc(C(CC)CC(=O)O)cc1Nc1cnc(OC)cn1)C(F)(F)F. The highest BCUT2D eigenvalue weighted by Crippen LogP contribution is 2.41. The first-order valence-corrected chi connectivity index (χ1v) is 9.36. The van der Waals surface area contributed by atoms with E-state index in [-0.39, 0.29) is 41.9 Å². The first-order chi connectivity index (χ1) is 14.2. The monoisotopic (exact) mass is 427 g/mol. The van der Waals surface area contributed by atoms with Crippen LogP contribution in [0.1, 0.15) is 49.8 Å². The minimum atomic E-state index is -4.63. The van der Waals surface area contributed by atoms with Crippen LogP contribution in [0.5, 0.6) is 5.88 Å². The summed E-state index contributed by atoms with van der Waals surface area (Å²) in [5, 5.41) is 12.0. The molecular weight excluding hydrogens is 403 g/mol. The molecule has 1 heterocycles. The molecule has 0 fully saturated rings. The Hall–Kier alpha value is -2.88. The van der Waals surface area contributed by atoms with Gasteiger partial charge >= 0.3 is 12.1 Å². The Morgan fingerprint density at radius 3 is 2.47 bits per heavy atom. The Labute approximate surface area is 172 Å². The molecule has 2 unspecified atom stereocenters. The summed E-state index contributed by atoms with van der Waals surface area (Å²) in [7, 11) is 1.42. The Kier molecular flexibility index (Phi) is 7.99. The number of aromatic nitrogens is 2. The van der Waals surface area contributed by atoms with Gasteiger partial charge in [0.25, 0.3) is 0 Å². The second kappa shape index (κ2) is 10.2. The van der Waals surface area contributed by atoms with Crippen LogP contribution >= 0.6 is 0 Å². The lowest BCUT2D eigenvalue weighted by atomic mass is 9.91. The number of hydrogen-bond acceptors (Lipinski definition) is 6. The lowest BCUT2D eigenvalue weighted by Gasteiger charge is -2.25. The van der Waals surface area contributed by atoms with E-state index in [0.29, 0.717) is 12.0 Å². The zero-order chi connectivity index (χ0) is 22.3. The van der Waals surface area contributed by atoms with E-state index in [1.165, 1.54) is 44.6 Å². The highest BCUT2D eigenvalue weighted by molar-refractivity contribution is 5.69. The minimum Gasteiger partial charge on any atom is -0.481 e. The third kappa shape index (κ3) is 6.06. The molecule has 30 heavy (non-hydrogen) atoms. The van der Waals surface area contributed by atoms with Gasteiger partial charge in [-0.15, -0.1) is 0 Å². The highest BCUT2D eigenvalue weighted by atomic mass is 19.4. The molecule has 0 saturated heterocycles. The number of anilines is 2. The van der Waals surface area contributed by atoms with Gasteiger partial charge in [-0.3, -0.25) is 4.79 Å². The normalized spacial score (nSPS) is 13.5. The number of carbonyl (C=O) groups is 1. The van der Waals surface area contributed by atoms with Gasteiger partial charge in [0.15, 0.2) is 6.10 Å². The fourth-order valence-electron chi connectivity index (χ4n) is 3.02. The molecular formula is C20H24F3N3O4. The summed E-state index contributed by atoms with van der Waals surface area (Å²) in [4.78, 5) is 19.2. The molecule has 10 heteroatoms. The zero-order valence-corrected chi connectivity index (χ0v) is 16.9. The van der Waals surface area contributed by atoms with Crippen LogP contribution in [-0.2, 0) is 9.53 Å². The van der Waals surface area contributed by atoms with Crippen molar-refractivity contribution in [1.29, 1.82) is 0 Å². The number of halogens is 3. The molecule has 1 aromatic carbocycles. The van der Waals surface area contributed by atoms with E-state index < -0.39 is 18.2 Å². The smallest absolute Gasteiger partial charge is 0.418 e. The number of methoxy groups -OCH3 is 1. The number of carboxylic acid groups (broad SMARTS) is 1. The number of rotatable bonds is 10. The van der Waals surface area contributed by atoms with Crippen molar-refractivity contribution in [3.63, 3.8) is 0 Å². The second-order valence-electron chi connectivity index (χ2n) is 6.50. The minimum absolute atomic E-state index is 0.117. The molecule has 0 amide bonds. The number of benzene rings is 1. The first-order valence-electron chi connectivity index (χ1n) is 9.36. The quantitative estimate of drug-likeness (QED) is 0.560. The molecule has 1 aromatic heterocycles. The van der Waals surface area contributed by atoms with Crippen molar-refractivity contribution in [1.82, 2.24) is 9.97 Å². The van der Waals surface area contributed by atoms with Crippen molar-refractivity contribution in [2.75, 3.05) is 19.0 Å². The van der Waals surface area contributed by atoms with Gasteiger partial charge in [0.2, 0.25) is 5.88 Å². The van der Waals surface area contributed by atoms with Crippen LogP contribution in [-0.4, -0.2) is 40.9 Å². The standard InChI is InChI=1S/C20H24F3N3O4/c1-4-12(9-18(27)28)13-6-7-14(19(30-5-2)20(21,22)23)15(8-13)26-16-10-25-17(29-3)11-24-16/h6-8,10-12,19H,4-5,9H2,1-3H3,(H,24,26)(H,27,28). The van der Waals surface area contributed by atoms with Crippen molar-refractivity contribution < 1.29 is 32.5 Å². The fraction of sp³-hybridized carbons (Fsp3) is 0.450. The van der Waals surface area contributed by atoms with Crippen molar-refractivity contribution in [3.8, 4) is 5.88 Å². The second-order valence-corrected chi connectivity index (χ2v) is 6.50. The van der Waals surface area contributed by atoms with Gasteiger partial charge < -0.3 is 19.9 Å². The highest BCUT2D eigenvalue weighted by Gasteiger charge is 2.43. The fourth-order valence-corrected chi connectivity index (χ4v) is 3.02. The molecule has 0 aliphatic heterocycles. The van der Waals surface area contributed by atoms with E-state index in [0.717, 1.165) is 0 Å². The van der Waals surface area contributed by atoms with Crippen molar-refractivity contribution in [3.05, 3.63) is 41.7 Å². The number of alkyl halides is 3. The third-order valence-electron chi connectivity index (χ3n) is 4.48. The van der Waals surface area contributed by atoms with E-state index in [1.54, 1.807) is 0 Å². The van der Waals surface area contributed by atoms with Gasteiger partial charge in [-0.05, 0) is 30.9 Å².